The molecule has 6 heteroatoms. The highest BCUT2D eigenvalue weighted by Gasteiger charge is 2.35. The molecular weight excluding hydrogens is 207 g/mol. The summed E-state index contributed by atoms with van der Waals surface area (Å²) in [7, 11) is 0. The van der Waals surface area contributed by atoms with E-state index in [1.165, 1.54) is 0 Å². The highest BCUT2D eigenvalue weighted by Crippen LogP contribution is 2.27. The predicted octanol–water partition coefficient (Wildman–Crippen LogP) is 1.20. The highest BCUT2D eigenvalue weighted by atomic mass is 19.4. The van der Waals surface area contributed by atoms with Gasteiger partial charge in [-0.15, -0.1) is 0 Å². The van der Waals surface area contributed by atoms with Crippen LogP contribution in [-0.2, 0) is 0 Å². The molecule has 0 aromatic rings. The number of nitrogens with one attached hydrogen (secondary N) is 2. The zero-order valence-electron chi connectivity index (χ0n) is 8.57. The first kappa shape index (κ1) is 11.7. The van der Waals surface area contributed by atoms with E-state index in [-0.39, 0.29) is 18.3 Å². The fraction of sp³-hybridized carbons (Fsp3) is 0.556. The van der Waals surface area contributed by atoms with E-state index in [4.69, 9.17) is 5.73 Å². The Hall–Kier alpha value is -1.33. The molecule has 15 heavy (non-hydrogen) atoms. The fourth-order valence-corrected chi connectivity index (χ4v) is 1.20. The normalized spacial score (nSPS) is 17.6. The van der Waals surface area contributed by atoms with Crippen LogP contribution >= 0.6 is 0 Å². The molecule has 1 aliphatic rings. The van der Waals surface area contributed by atoms with Gasteiger partial charge in [-0.25, -0.2) is 0 Å². The van der Waals surface area contributed by atoms with E-state index in [1.54, 1.807) is 0 Å². The number of dihydropyridines is 1. The van der Waals surface area contributed by atoms with Gasteiger partial charge in [0.15, 0.2) is 0 Å². The SMILES string of the molecule is CC(C)NC1=C(N)C=C(C(F)(F)F)CN1. The van der Waals surface area contributed by atoms with E-state index >= 15 is 0 Å². The lowest BCUT2D eigenvalue weighted by Crippen LogP contribution is -2.39. The third-order valence-corrected chi connectivity index (χ3v) is 1.87. The van der Waals surface area contributed by atoms with Crippen LogP contribution < -0.4 is 16.4 Å². The summed E-state index contributed by atoms with van der Waals surface area (Å²) in [4.78, 5) is 0. The standard InChI is InChI=1S/C9H14F3N3/c1-5(2)15-8-7(13)3-6(4-14-8)9(10,11)12/h3,5,14-15H,4,13H2,1-2H3. The number of allylic oxidation sites excluding steroid dienone is 1. The van der Waals surface area contributed by atoms with Gasteiger partial charge in [-0.2, -0.15) is 13.2 Å². The highest BCUT2D eigenvalue weighted by molar-refractivity contribution is 5.32. The van der Waals surface area contributed by atoms with Crippen molar-refractivity contribution >= 4 is 0 Å². The number of rotatable bonds is 2. The maximum Gasteiger partial charge on any atom is 0.414 e. The maximum absolute atomic E-state index is 12.3. The summed E-state index contributed by atoms with van der Waals surface area (Å²) in [5, 5.41) is 5.55. The van der Waals surface area contributed by atoms with Gasteiger partial charge in [0, 0.05) is 12.6 Å². The third kappa shape index (κ3) is 3.07. The summed E-state index contributed by atoms with van der Waals surface area (Å²) in [5.74, 6) is 0.456. The molecule has 0 amide bonds. The lowest BCUT2D eigenvalue weighted by molar-refractivity contribution is -0.0930. The van der Waals surface area contributed by atoms with E-state index < -0.39 is 11.7 Å². The van der Waals surface area contributed by atoms with Crippen molar-refractivity contribution in [1.29, 1.82) is 0 Å². The molecule has 0 saturated heterocycles. The van der Waals surface area contributed by atoms with Crippen LogP contribution in [0.2, 0.25) is 0 Å². The number of nitrogens with two attached hydrogens (primary N) is 1. The number of halogens is 3. The number of hydrogen-bond donors (Lipinski definition) is 3. The van der Waals surface area contributed by atoms with Crippen molar-refractivity contribution < 1.29 is 13.2 Å². The molecule has 1 rings (SSSR count). The van der Waals surface area contributed by atoms with E-state index in [2.05, 4.69) is 10.6 Å². The molecule has 0 spiro atoms. The molecule has 1 heterocycles. The molecule has 0 atom stereocenters. The Morgan fingerprint density at radius 1 is 1.47 bits per heavy atom. The number of alkyl halides is 3. The van der Waals surface area contributed by atoms with Crippen LogP contribution in [0, 0.1) is 0 Å². The minimum Gasteiger partial charge on any atom is -0.396 e. The van der Waals surface area contributed by atoms with Crippen LogP contribution in [0.5, 0.6) is 0 Å². The Morgan fingerprint density at radius 2 is 2.07 bits per heavy atom. The largest absolute Gasteiger partial charge is 0.414 e. The maximum atomic E-state index is 12.3. The van der Waals surface area contributed by atoms with Gasteiger partial charge in [0.25, 0.3) is 0 Å². The average molecular weight is 221 g/mol. The summed E-state index contributed by atoms with van der Waals surface area (Å²) in [6.45, 7) is 3.51. The van der Waals surface area contributed by atoms with Crippen LogP contribution in [0.15, 0.2) is 23.2 Å². The van der Waals surface area contributed by atoms with Crippen molar-refractivity contribution in [3.8, 4) is 0 Å². The zero-order chi connectivity index (χ0) is 11.6. The van der Waals surface area contributed by atoms with Gasteiger partial charge in [0.05, 0.1) is 11.3 Å². The van der Waals surface area contributed by atoms with Crippen LogP contribution in [-0.4, -0.2) is 18.8 Å². The Kier molecular flexibility index (Phi) is 3.16. The van der Waals surface area contributed by atoms with E-state index in [0.29, 0.717) is 5.82 Å². The minimum atomic E-state index is -4.32. The average Bonchev–Trinajstić information content (AvgIpc) is 2.05. The second kappa shape index (κ2) is 4.04. The summed E-state index contributed by atoms with van der Waals surface area (Å²) in [6, 6.07) is 0.117. The molecule has 0 aromatic heterocycles. The first-order chi connectivity index (χ1) is 6.80. The van der Waals surface area contributed by atoms with Gasteiger partial charge in [-0.05, 0) is 19.9 Å². The van der Waals surface area contributed by atoms with Gasteiger partial charge in [-0.3, -0.25) is 0 Å². The molecule has 4 N–H and O–H groups in total. The monoisotopic (exact) mass is 221 g/mol. The van der Waals surface area contributed by atoms with Gasteiger partial charge in [0.1, 0.15) is 5.82 Å². The molecule has 0 radical (unpaired) electrons. The molecule has 0 fully saturated rings. The van der Waals surface area contributed by atoms with Crippen LogP contribution in [0.25, 0.3) is 0 Å². The second-order valence-electron chi connectivity index (χ2n) is 3.65. The Bertz CT molecular complexity index is 302. The van der Waals surface area contributed by atoms with Crippen molar-refractivity contribution in [3.05, 3.63) is 23.2 Å². The smallest absolute Gasteiger partial charge is 0.396 e. The molecule has 3 nitrogen and oxygen atoms in total. The van der Waals surface area contributed by atoms with Crippen LogP contribution in [0.1, 0.15) is 13.8 Å². The first-order valence-corrected chi connectivity index (χ1v) is 4.58. The summed E-state index contributed by atoms with van der Waals surface area (Å²) in [5.41, 5.74) is 4.92. The lowest BCUT2D eigenvalue weighted by atomic mass is 10.1. The van der Waals surface area contributed by atoms with Crippen molar-refractivity contribution in [2.24, 2.45) is 5.73 Å². The van der Waals surface area contributed by atoms with Crippen LogP contribution in [0.3, 0.4) is 0 Å². The van der Waals surface area contributed by atoms with E-state index in [9.17, 15) is 13.2 Å². The molecule has 0 unspecified atom stereocenters. The zero-order valence-corrected chi connectivity index (χ0v) is 8.57. The lowest BCUT2D eigenvalue weighted by Gasteiger charge is -2.24. The molecule has 0 bridgehead atoms. The third-order valence-electron chi connectivity index (χ3n) is 1.87. The van der Waals surface area contributed by atoms with Crippen LogP contribution in [0.4, 0.5) is 13.2 Å². The molecule has 1 aliphatic heterocycles. The Morgan fingerprint density at radius 3 is 2.47 bits per heavy atom. The van der Waals surface area contributed by atoms with Crippen molar-refractivity contribution in [1.82, 2.24) is 10.6 Å². The van der Waals surface area contributed by atoms with Crippen molar-refractivity contribution in [2.45, 2.75) is 26.1 Å². The molecular formula is C9H14F3N3. The summed E-state index contributed by atoms with van der Waals surface area (Å²) < 4.78 is 36.9. The number of hydrogen-bond acceptors (Lipinski definition) is 3. The molecule has 0 saturated carbocycles. The second-order valence-corrected chi connectivity index (χ2v) is 3.65. The molecule has 0 aromatic carbocycles. The van der Waals surface area contributed by atoms with Gasteiger partial charge in [-0.1, -0.05) is 0 Å². The van der Waals surface area contributed by atoms with Gasteiger partial charge >= 0.3 is 6.18 Å². The molecule has 86 valence electrons. The summed E-state index contributed by atoms with van der Waals surface area (Å²) in [6.07, 6.45) is -3.36. The minimum absolute atomic E-state index is 0.0854. The predicted molar refractivity (Wildman–Crippen MR) is 51.6 cm³/mol. The van der Waals surface area contributed by atoms with E-state index in [1.807, 2.05) is 13.8 Å². The van der Waals surface area contributed by atoms with Crippen molar-refractivity contribution in [2.75, 3.05) is 6.54 Å². The van der Waals surface area contributed by atoms with Gasteiger partial charge in [0.2, 0.25) is 0 Å². The Balaban J connectivity index is 2.84. The molecule has 0 aliphatic carbocycles. The Labute approximate surface area is 86.2 Å². The van der Waals surface area contributed by atoms with Crippen molar-refractivity contribution in [3.63, 3.8) is 0 Å². The van der Waals surface area contributed by atoms with Gasteiger partial charge < -0.3 is 16.4 Å². The topological polar surface area (TPSA) is 50.1 Å². The summed E-state index contributed by atoms with van der Waals surface area (Å²) >= 11 is 0. The fourth-order valence-electron chi connectivity index (χ4n) is 1.20. The first-order valence-electron chi connectivity index (χ1n) is 4.58. The van der Waals surface area contributed by atoms with E-state index in [0.717, 1.165) is 6.08 Å². The quantitative estimate of drug-likeness (QED) is 0.656.